The molecule has 1 aliphatic heterocycles. The lowest BCUT2D eigenvalue weighted by atomic mass is 10.1. The van der Waals surface area contributed by atoms with Gasteiger partial charge in [-0.05, 0) is 38.7 Å². The number of hydrogen-bond acceptors (Lipinski definition) is 3. The number of alkyl halides is 3. The minimum absolute atomic E-state index is 0.0614. The average Bonchev–Trinajstić information content (AvgIpc) is 2.85. The van der Waals surface area contributed by atoms with Gasteiger partial charge in [-0.3, -0.25) is 9.59 Å². The predicted octanol–water partition coefficient (Wildman–Crippen LogP) is 2.26. The van der Waals surface area contributed by atoms with Crippen molar-refractivity contribution < 1.29 is 22.8 Å². The number of benzene rings is 1. The van der Waals surface area contributed by atoms with Crippen LogP contribution in [0.1, 0.15) is 30.4 Å². The van der Waals surface area contributed by atoms with Crippen molar-refractivity contribution in [3.8, 4) is 0 Å². The molecule has 1 atom stereocenters. The summed E-state index contributed by atoms with van der Waals surface area (Å²) in [6.07, 6.45) is -3.27. The molecule has 1 fully saturated rings. The predicted molar refractivity (Wildman–Crippen MR) is 91.2 cm³/mol. The van der Waals surface area contributed by atoms with Gasteiger partial charge in [0, 0.05) is 25.9 Å². The smallest absolute Gasteiger partial charge is 0.351 e. The first-order chi connectivity index (χ1) is 12.2. The van der Waals surface area contributed by atoms with Gasteiger partial charge in [0.1, 0.15) is 0 Å². The SMILES string of the molecule is CN(C)CCCC(=O)N[C@@H]1CC(=O)N(Cc2ccccc2C(F)(F)F)C1. The van der Waals surface area contributed by atoms with Gasteiger partial charge in [-0.2, -0.15) is 13.2 Å². The van der Waals surface area contributed by atoms with Gasteiger partial charge in [0.05, 0.1) is 11.6 Å². The highest BCUT2D eigenvalue weighted by atomic mass is 19.4. The van der Waals surface area contributed by atoms with E-state index in [-0.39, 0.29) is 42.9 Å². The maximum Gasteiger partial charge on any atom is 0.416 e. The van der Waals surface area contributed by atoms with Crippen molar-refractivity contribution in [1.82, 2.24) is 15.1 Å². The zero-order chi connectivity index (χ0) is 19.3. The number of nitrogens with zero attached hydrogens (tertiary/aromatic N) is 2. The van der Waals surface area contributed by atoms with Gasteiger partial charge in [-0.1, -0.05) is 18.2 Å². The molecule has 2 amide bonds. The van der Waals surface area contributed by atoms with Crippen LogP contribution in [0.25, 0.3) is 0 Å². The maximum atomic E-state index is 13.1. The van der Waals surface area contributed by atoms with Crippen LogP contribution in [0, 0.1) is 0 Å². The van der Waals surface area contributed by atoms with Crippen molar-refractivity contribution >= 4 is 11.8 Å². The highest BCUT2D eigenvalue weighted by Crippen LogP contribution is 2.32. The molecule has 0 radical (unpaired) electrons. The first-order valence-electron chi connectivity index (χ1n) is 8.54. The van der Waals surface area contributed by atoms with Crippen molar-refractivity contribution in [1.29, 1.82) is 0 Å². The first kappa shape index (κ1) is 20.2. The van der Waals surface area contributed by atoms with Gasteiger partial charge in [0.25, 0.3) is 0 Å². The monoisotopic (exact) mass is 371 g/mol. The van der Waals surface area contributed by atoms with Crippen LogP contribution in [-0.2, 0) is 22.3 Å². The summed E-state index contributed by atoms with van der Waals surface area (Å²) in [5.41, 5.74) is -0.671. The number of likely N-dealkylation sites (tertiary alicyclic amines) is 1. The maximum absolute atomic E-state index is 13.1. The van der Waals surface area contributed by atoms with Crippen molar-refractivity contribution in [3.63, 3.8) is 0 Å². The number of rotatable bonds is 7. The van der Waals surface area contributed by atoms with Gasteiger partial charge in [0.15, 0.2) is 0 Å². The standard InChI is InChI=1S/C18H24F3N3O2/c1-23(2)9-5-8-16(25)22-14-10-17(26)24(12-14)11-13-6-3-4-7-15(13)18(19,20)21/h3-4,6-7,14H,5,8-12H2,1-2H3,(H,22,25)/t14-/m1/s1. The fourth-order valence-electron chi connectivity index (χ4n) is 3.02. The van der Waals surface area contributed by atoms with Crippen molar-refractivity contribution in [2.24, 2.45) is 0 Å². The Morgan fingerprint density at radius 1 is 1.31 bits per heavy atom. The third kappa shape index (κ3) is 5.72. The minimum Gasteiger partial charge on any atom is -0.351 e. The topological polar surface area (TPSA) is 52.7 Å². The van der Waals surface area contributed by atoms with E-state index in [1.54, 1.807) is 0 Å². The number of nitrogens with one attached hydrogen (secondary N) is 1. The second-order valence-corrected chi connectivity index (χ2v) is 6.80. The lowest BCUT2D eigenvalue weighted by Crippen LogP contribution is -2.37. The van der Waals surface area contributed by atoms with Crippen LogP contribution in [0.3, 0.4) is 0 Å². The van der Waals surface area contributed by atoms with Crippen LogP contribution in [0.15, 0.2) is 24.3 Å². The summed E-state index contributed by atoms with van der Waals surface area (Å²) < 4.78 is 39.2. The van der Waals surface area contributed by atoms with Gasteiger partial charge < -0.3 is 15.1 Å². The Morgan fingerprint density at radius 2 is 2.00 bits per heavy atom. The van der Waals surface area contributed by atoms with E-state index in [1.807, 2.05) is 19.0 Å². The molecule has 8 heteroatoms. The zero-order valence-electron chi connectivity index (χ0n) is 15.0. The summed E-state index contributed by atoms with van der Waals surface area (Å²) >= 11 is 0. The third-order valence-corrected chi connectivity index (χ3v) is 4.27. The quantitative estimate of drug-likeness (QED) is 0.800. The molecule has 1 heterocycles. The molecule has 0 aliphatic carbocycles. The average molecular weight is 371 g/mol. The molecule has 1 N–H and O–H groups in total. The lowest BCUT2D eigenvalue weighted by Gasteiger charge is -2.20. The van der Waals surface area contributed by atoms with E-state index in [0.29, 0.717) is 12.8 Å². The van der Waals surface area contributed by atoms with Crippen molar-refractivity contribution in [3.05, 3.63) is 35.4 Å². The van der Waals surface area contributed by atoms with Crippen LogP contribution >= 0.6 is 0 Å². The second kappa shape index (κ2) is 8.53. The molecular weight excluding hydrogens is 347 g/mol. The van der Waals surface area contributed by atoms with E-state index in [1.165, 1.54) is 23.1 Å². The van der Waals surface area contributed by atoms with Gasteiger partial charge in [-0.25, -0.2) is 0 Å². The second-order valence-electron chi connectivity index (χ2n) is 6.80. The van der Waals surface area contributed by atoms with E-state index < -0.39 is 11.7 Å². The van der Waals surface area contributed by atoms with E-state index in [4.69, 9.17) is 0 Å². The Morgan fingerprint density at radius 3 is 2.65 bits per heavy atom. The number of amides is 2. The van der Waals surface area contributed by atoms with Gasteiger partial charge >= 0.3 is 6.18 Å². The lowest BCUT2D eigenvalue weighted by molar-refractivity contribution is -0.139. The Bertz CT molecular complexity index is 647. The van der Waals surface area contributed by atoms with E-state index >= 15 is 0 Å². The van der Waals surface area contributed by atoms with Gasteiger partial charge in [-0.15, -0.1) is 0 Å². The molecule has 0 saturated carbocycles. The van der Waals surface area contributed by atoms with E-state index in [9.17, 15) is 22.8 Å². The highest BCUT2D eigenvalue weighted by molar-refractivity contribution is 5.82. The number of hydrogen-bond donors (Lipinski definition) is 1. The van der Waals surface area contributed by atoms with Gasteiger partial charge in [0.2, 0.25) is 11.8 Å². The van der Waals surface area contributed by atoms with Crippen LogP contribution in [0.2, 0.25) is 0 Å². The fourth-order valence-corrected chi connectivity index (χ4v) is 3.02. The summed E-state index contributed by atoms with van der Waals surface area (Å²) in [7, 11) is 3.84. The first-order valence-corrected chi connectivity index (χ1v) is 8.54. The summed E-state index contributed by atoms with van der Waals surface area (Å²) in [5, 5.41) is 2.80. The van der Waals surface area contributed by atoms with Crippen molar-refractivity contribution in [2.45, 2.75) is 38.0 Å². The molecule has 2 rings (SSSR count). The minimum atomic E-state index is -4.46. The Labute approximate surface area is 151 Å². The van der Waals surface area contributed by atoms with Crippen LogP contribution in [0.5, 0.6) is 0 Å². The summed E-state index contributed by atoms with van der Waals surface area (Å²) in [6.45, 7) is 0.906. The molecular formula is C18H24F3N3O2. The van der Waals surface area contributed by atoms with Crippen LogP contribution < -0.4 is 5.32 Å². The zero-order valence-corrected chi connectivity index (χ0v) is 15.0. The molecule has 1 aliphatic rings. The molecule has 1 saturated heterocycles. The third-order valence-electron chi connectivity index (χ3n) is 4.27. The number of carbonyl (C=O) groups excluding carboxylic acids is 2. The fraction of sp³-hybridized carbons (Fsp3) is 0.556. The number of carbonyl (C=O) groups is 2. The molecule has 0 spiro atoms. The molecule has 0 unspecified atom stereocenters. The Balaban J connectivity index is 1.92. The molecule has 1 aromatic carbocycles. The van der Waals surface area contributed by atoms with Crippen LogP contribution in [0.4, 0.5) is 13.2 Å². The molecule has 0 bridgehead atoms. The molecule has 144 valence electrons. The van der Waals surface area contributed by atoms with E-state index in [2.05, 4.69) is 5.32 Å². The van der Waals surface area contributed by atoms with E-state index in [0.717, 1.165) is 12.6 Å². The highest BCUT2D eigenvalue weighted by Gasteiger charge is 2.35. The molecule has 0 aromatic heterocycles. The Kier molecular flexibility index (Phi) is 6.63. The number of halogens is 3. The largest absolute Gasteiger partial charge is 0.416 e. The molecule has 26 heavy (non-hydrogen) atoms. The molecule has 5 nitrogen and oxygen atoms in total. The van der Waals surface area contributed by atoms with Crippen LogP contribution in [-0.4, -0.2) is 54.8 Å². The summed E-state index contributed by atoms with van der Waals surface area (Å²) in [4.78, 5) is 27.4. The summed E-state index contributed by atoms with van der Waals surface area (Å²) in [5.74, 6) is -0.386. The molecule has 1 aromatic rings. The van der Waals surface area contributed by atoms with Crippen molar-refractivity contribution in [2.75, 3.05) is 27.2 Å². The Hall–Kier alpha value is -2.09. The summed E-state index contributed by atoms with van der Waals surface area (Å²) in [6, 6.07) is 4.89. The normalized spacial score (nSPS) is 17.8.